The summed E-state index contributed by atoms with van der Waals surface area (Å²) in [6.45, 7) is 5.67. The van der Waals surface area contributed by atoms with Crippen molar-refractivity contribution in [3.63, 3.8) is 0 Å². The van der Waals surface area contributed by atoms with E-state index in [1.807, 2.05) is 24.3 Å². The predicted molar refractivity (Wildman–Crippen MR) is 105 cm³/mol. The maximum absolute atomic E-state index is 12.1. The van der Waals surface area contributed by atoms with Crippen LogP contribution in [0.4, 0.5) is 0 Å². The van der Waals surface area contributed by atoms with Gasteiger partial charge in [0.15, 0.2) is 6.61 Å². The molecule has 1 heterocycles. The highest BCUT2D eigenvalue weighted by molar-refractivity contribution is 5.77. The van der Waals surface area contributed by atoms with E-state index >= 15 is 0 Å². The zero-order valence-electron chi connectivity index (χ0n) is 16.3. The lowest BCUT2D eigenvalue weighted by Crippen LogP contribution is -2.32. The molecule has 0 saturated heterocycles. The minimum Gasteiger partial charge on any atom is -0.484 e. The van der Waals surface area contributed by atoms with Crippen LogP contribution in [0.1, 0.15) is 74.2 Å². The highest BCUT2D eigenvalue weighted by atomic mass is 16.5. The van der Waals surface area contributed by atoms with Crippen LogP contribution in [0.3, 0.4) is 0 Å². The van der Waals surface area contributed by atoms with Crippen LogP contribution in [0.25, 0.3) is 0 Å². The second-order valence-electron chi connectivity index (χ2n) is 8.13. The monoisotopic (exact) mass is 367 g/mol. The van der Waals surface area contributed by atoms with E-state index in [1.54, 1.807) is 0 Å². The van der Waals surface area contributed by atoms with Crippen molar-refractivity contribution in [3.8, 4) is 5.75 Å². The van der Waals surface area contributed by atoms with Gasteiger partial charge in [0.25, 0.3) is 5.91 Å². The Hall–Kier alpha value is -2.30. The third kappa shape index (κ3) is 4.71. The SMILES string of the molecule is CC(C)c1ccc(OCC(=O)NCCn2nc(C3CC3)cc2C2CC2)cc1. The van der Waals surface area contributed by atoms with E-state index in [1.165, 1.54) is 42.6 Å². The van der Waals surface area contributed by atoms with Gasteiger partial charge in [-0.15, -0.1) is 0 Å². The summed E-state index contributed by atoms with van der Waals surface area (Å²) in [4.78, 5) is 12.1. The van der Waals surface area contributed by atoms with Gasteiger partial charge >= 0.3 is 0 Å². The van der Waals surface area contributed by atoms with Crippen LogP contribution in [0.15, 0.2) is 30.3 Å². The van der Waals surface area contributed by atoms with Crippen LogP contribution in [0, 0.1) is 0 Å². The lowest BCUT2D eigenvalue weighted by atomic mass is 10.0. The van der Waals surface area contributed by atoms with Crippen LogP contribution >= 0.6 is 0 Å². The number of rotatable bonds is 9. The molecule has 0 radical (unpaired) electrons. The number of benzene rings is 1. The fraction of sp³-hybridized carbons (Fsp3) is 0.545. The summed E-state index contributed by atoms with van der Waals surface area (Å²) in [5.74, 6) is 2.48. The molecule has 144 valence electrons. The molecule has 1 aromatic heterocycles. The lowest BCUT2D eigenvalue weighted by Gasteiger charge is -2.10. The van der Waals surface area contributed by atoms with Crippen molar-refractivity contribution in [1.82, 2.24) is 15.1 Å². The molecule has 1 amide bonds. The number of hydrogen-bond acceptors (Lipinski definition) is 3. The number of aromatic nitrogens is 2. The molecule has 2 fully saturated rings. The van der Waals surface area contributed by atoms with E-state index in [4.69, 9.17) is 9.84 Å². The fourth-order valence-corrected chi connectivity index (χ4v) is 3.37. The highest BCUT2D eigenvalue weighted by Gasteiger charge is 2.32. The molecule has 2 aliphatic carbocycles. The van der Waals surface area contributed by atoms with Crippen LogP contribution < -0.4 is 10.1 Å². The highest BCUT2D eigenvalue weighted by Crippen LogP contribution is 2.44. The molecule has 1 aromatic carbocycles. The van der Waals surface area contributed by atoms with E-state index in [0.717, 1.165) is 12.3 Å². The third-order valence-electron chi connectivity index (χ3n) is 5.38. The first-order valence-electron chi connectivity index (χ1n) is 10.2. The maximum Gasteiger partial charge on any atom is 0.258 e. The average molecular weight is 367 g/mol. The topological polar surface area (TPSA) is 56.1 Å². The van der Waals surface area contributed by atoms with Gasteiger partial charge in [0.1, 0.15) is 5.75 Å². The number of hydrogen-bond donors (Lipinski definition) is 1. The molecule has 0 atom stereocenters. The minimum atomic E-state index is -0.0921. The average Bonchev–Trinajstić information content (AvgIpc) is 3.59. The van der Waals surface area contributed by atoms with E-state index in [9.17, 15) is 4.79 Å². The summed E-state index contributed by atoms with van der Waals surface area (Å²) in [5.41, 5.74) is 3.87. The zero-order chi connectivity index (χ0) is 18.8. The molecule has 2 aromatic rings. The summed E-state index contributed by atoms with van der Waals surface area (Å²) >= 11 is 0. The summed E-state index contributed by atoms with van der Waals surface area (Å²) < 4.78 is 7.69. The quantitative estimate of drug-likeness (QED) is 0.730. The summed E-state index contributed by atoms with van der Waals surface area (Å²) in [6.07, 6.45) is 5.08. The number of nitrogens with one attached hydrogen (secondary N) is 1. The smallest absolute Gasteiger partial charge is 0.258 e. The van der Waals surface area contributed by atoms with Crippen molar-refractivity contribution >= 4 is 5.91 Å². The normalized spacial score (nSPS) is 16.6. The van der Waals surface area contributed by atoms with E-state index in [0.29, 0.717) is 24.3 Å². The van der Waals surface area contributed by atoms with Crippen molar-refractivity contribution < 1.29 is 9.53 Å². The Morgan fingerprint density at radius 1 is 1.19 bits per heavy atom. The summed E-state index contributed by atoms with van der Waals surface area (Å²) in [7, 11) is 0. The number of nitrogens with zero attached hydrogens (tertiary/aromatic N) is 2. The molecule has 0 spiro atoms. The molecule has 5 nitrogen and oxygen atoms in total. The molecular weight excluding hydrogens is 338 g/mol. The Morgan fingerprint density at radius 3 is 2.52 bits per heavy atom. The number of amides is 1. The Morgan fingerprint density at radius 2 is 1.89 bits per heavy atom. The Bertz CT molecular complexity index is 786. The first kappa shape index (κ1) is 18.1. The molecule has 5 heteroatoms. The first-order chi connectivity index (χ1) is 13.1. The lowest BCUT2D eigenvalue weighted by molar-refractivity contribution is -0.123. The van der Waals surface area contributed by atoms with Gasteiger partial charge in [-0.1, -0.05) is 26.0 Å². The fourth-order valence-electron chi connectivity index (χ4n) is 3.37. The minimum absolute atomic E-state index is 0.0446. The molecule has 0 aliphatic heterocycles. The van der Waals surface area contributed by atoms with Gasteiger partial charge in [-0.2, -0.15) is 5.10 Å². The third-order valence-corrected chi connectivity index (χ3v) is 5.38. The summed E-state index contributed by atoms with van der Waals surface area (Å²) in [6, 6.07) is 10.2. The van der Waals surface area contributed by atoms with Crippen molar-refractivity contribution in [2.45, 2.75) is 63.8 Å². The largest absolute Gasteiger partial charge is 0.484 e. The van der Waals surface area contributed by atoms with Crippen molar-refractivity contribution in [2.24, 2.45) is 0 Å². The molecule has 0 unspecified atom stereocenters. The molecule has 1 N–H and O–H groups in total. The molecule has 4 rings (SSSR count). The standard InChI is InChI=1S/C22H29N3O2/c1-15(2)16-7-9-19(10-8-16)27-14-22(26)23-11-12-25-21(18-5-6-18)13-20(24-25)17-3-4-17/h7-10,13,15,17-18H,3-6,11-12,14H2,1-2H3,(H,23,26). The van der Waals surface area contributed by atoms with E-state index < -0.39 is 0 Å². The maximum atomic E-state index is 12.1. The van der Waals surface area contributed by atoms with Crippen molar-refractivity contribution in [2.75, 3.05) is 13.2 Å². The van der Waals surface area contributed by atoms with Crippen LogP contribution in [0.5, 0.6) is 5.75 Å². The van der Waals surface area contributed by atoms with Crippen molar-refractivity contribution in [3.05, 3.63) is 47.3 Å². The Labute approximate surface area is 161 Å². The number of carbonyl (C=O) groups excluding carboxylic acids is 1. The van der Waals surface area contributed by atoms with E-state index in [-0.39, 0.29) is 12.5 Å². The molecule has 27 heavy (non-hydrogen) atoms. The van der Waals surface area contributed by atoms with Gasteiger partial charge in [-0.3, -0.25) is 9.48 Å². The van der Waals surface area contributed by atoms with Crippen LogP contribution in [-0.2, 0) is 11.3 Å². The summed E-state index contributed by atoms with van der Waals surface area (Å²) in [5, 5.41) is 7.73. The predicted octanol–water partition coefficient (Wildman–Crippen LogP) is 3.96. The second-order valence-corrected chi connectivity index (χ2v) is 8.13. The van der Waals surface area contributed by atoms with Gasteiger partial charge in [0.2, 0.25) is 0 Å². The van der Waals surface area contributed by atoms with Gasteiger partial charge < -0.3 is 10.1 Å². The molecular formula is C22H29N3O2. The Balaban J connectivity index is 1.23. The second kappa shape index (κ2) is 7.75. The zero-order valence-corrected chi connectivity index (χ0v) is 16.3. The number of ether oxygens (including phenoxy) is 1. The van der Waals surface area contributed by atoms with Crippen molar-refractivity contribution in [1.29, 1.82) is 0 Å². The van der Waals surface area contributed by atoms with E-state index in [2.05, 4.69) is 29.9 Å². The van der Waals surface area contributed by atoms with Gasteiger partial charge in [-0.25, -0.2) is 0 Å². The molecule has 2 aliphatic rings. The Kier molecular flexibility index (Phi) is 5.19. The molecule has 0 bridgehead atoms. The first-order valence-corrected chi connectivity index (χ1v) is 10.2. The van der Waals surface area contributed by atoms with Crippen LogP contribution in [-0.4, -0.2) is 28.8 Å². The van der Waals surface area contributed by atoms with Gasteiger partial charge in [-0.05, 0) is 55.4 Å². The van der Waals surface area contributed by atoms with Gasteiger partial charge in [0.05, 0.1) is 12.2 Å². The van der Waals surface area contributed by atoms with Crippen LogP contribution in [0.2, 0.25) is 0 Å². The number of carbonyl (C=O) groups is 1. The van der Waals surface area contributed by atoms with Gasteiger partial charge in [0, 0.05) is 24.1 Å². The molecule has 2 saturated carbocycles.